The van der Waals surface area contributed by atoms with Crippen molar-refractivity contribution in [3.8, 4) is 0 Å². The van der Waals surface area contributed by atoms with Crippen molar-refractivity contribution in [2.24, 2.45) is 11.8 Å². The van der Waals surface area contributed by atoms with E-state index in [2.05, 4.69) is 0 Å². The summed E-state index contributed by atoms with van der Waals surface area (Å²) in [5.41, 5.74) is -0.0650. The van der Waals surface area contributed by atoms with Crippen LogP contribution in [0.25, 0.3) is 0 Å². The number of carbonyl (C=O) groups excluding carboxylic acids is 1. The van der Waals surface area contributed by atoms with Gasteiger partial charge in [-0.05, 0) is 76.9 Å². The number of hydrogen-bond acceptors (Lipinski definition) is 5. The van der Waals surface area contributed by atoms with E-state index in [-0.39, 0.29) is 23.5 Å². The smallest absolute Gasteiger partial charge is 0.399 e. The lowest BCUT2D eigenvalue weighted by Crippen LogP contribution is -2.44. The highest BCUT2D eigenvalue weighted by Crippen LogP contribution is 2.36. The van der Waals surface area contributed by atoms with Gasteiger partial charge in [0.25, 0.3) is 0 Å². The van der Waals surface area contributed by atoms with Crippen molar-refractivity contribution in [3.05, 3.63) is 24.3 Å². The van der Waals surface area contributed by atoms with Crippen molar-refractivity contribution in [3.63, 3.8) is 0 Å². The van der Waals surface area contributed by atoms with Crippen LogP contribution in [0.1, 0.15) is 66.2 Å². The molecule has 3 fully saturated rings. The lowest BCUT2D eigenvalue weighted by atomic mass is 9.79. The van der Waals surface area contributed by atoms with Gasteiger partial charge in [-0.15, -0.1) is 0 Å². The third kappa shape index (κ3) is 4.78. The van der Waals surface area contributed by atoms with E-state index >= 15 is 0 Å². The van der Waals surface area contributed by atoms with Crippen LogP contribution < -0.4 is 5.46 Å². The summed E-state index contributed by atoms with van der Waals surface area (Å²) in [6.45, 7) is 9.30. The number of piperidine rings is 1. The lowest BCUT2D eigenvalue weighted by Gasteiger charge is -2.34. The predicted molar refractivity (Wildman–Crippen MR) is 125 cm³/mol. The van der Waals surface area contributed by atoms with Crippen LogP contribution >= 0.6 is 0 Å². The zero-order valence-electron chi connectivity index (χ0n) is 19.8. The first-order chi connectivity index (χ1) is 15.0. The molecule has 1 unspecified atom stereocenters. The van der Waals surface area contributed by atoms with Crippen LogP contribution in [-0.4, -0.2) is 56.4 Å². The second-order valence-electron chi connectivity index (χ2n) is 10.7. The molecular formula is C24H36BNO5S. The third-order valence-electron chi connectivity index (χ3n) is 7.75. The summed E-state index contributed by atoms with van der Waals surface area (Å²) in [5.74, 6) is 0.447. The maximum absolute atomic E-state index is 13.1. The largest absolute Gasteiger partial charge is 0.494 e. The summed E-state index contributed by atoms with van der Waals surface area (Å²) in [6, 6.07) is 6.87. The fraction of sp³-hybridized carbons (Fsp3) is 0.708. The number of sulfone groups is 1. The normalized spacial score (nSPS) is 25.9. The second kappa shape index (κ2) is 8.77. The lowest BCUT2D eigenvalue weighted by molar-refractivity contribution is -0.137. The van der Waals surface area contributed by atoms with Gasteiger partial charge in [0.1, 0.15) is 0 Å². The molecule has 1 aromatic rings. The Morgan fingerprint density at radius 2 is 1.59 bits per heavy atom. The molecule has 176 valence electrons. The van der Waals surface area contributed by atoms with Crippen molar-refractivity contribution in [2.45, 2.75) is 82.3 Å². The first-order valence-electron chi connectivity index (χ1n) is 12.0. The number of likely N-dealkylation sites (tertiary alicyclic amines) is 1. The molecule has 3 aliphatic rings. The molecule has 0 radical (unpaired) electrons. The van der Waals surface area contributed by atoms with Gasteiger partial charge in [0.05, 0.1) is 21.9 Å². The van der Waals surface area contributed by atoms with Gasteiger partial charge in [-0.2, -0.15) is 0 Å². The fourth-order valence-electron chi connectivity index (χ4n) is 5.05. The summed E-state index contributed by atoms with van der Waals surface area (Å²) in [6.07, 6.45) is 5.94. The van der Waals surface area contributed by atoms with E-state index in [0.717, 1.165) is 50.5 Å². The first kappa shape index (κ1) is 23.8. The van der Waals surface area contributed by atoms with Gasteiger partial charge < -0.3 is 14.2 Å². The van der Waals surface area contributed by atoms with E-state index in [1.807, 2.05) is 32.6 Å². The number of benzene rings is 1. The average molecular weight is 461 g/mol. The van der Waals surface area contributed by atoms with Gasteiger partial charge in [0.2, 0.25) is 5.91 Å². The monoisotopic (exact) mass is 461 g/mol. The van der Waals surface area contributed by atoms with E-state index in [9.17, 15) is 13.2 Å². The van der Waals surface area contributed by atoms with Gasteiger partial charge in [-0.3, -0.25) is 4.79 Å². The Labute approximate surface area is 193 Å². The zero-order valence-corrected chi connectivity index (χ0v) is 20.6. The van der Waals surface area contributed by atoms with Gasteiger partial charge in [-0.25, -0.2) is 8.42 Å². The number of amides is 1. The molecule has 1 aliphatic carbocycles. The van der Waals surface area contributed by atoms with E-state index in [1.54, 1.807) is 24.3 Å². The van der Waals surface area contributed by atoms with Crippen LogP contribution in [0.4, 0.5) is 0 Å². The van der Waals surface area contributed by atoms with Crippen LogP contribution in [0, 0.1) is 11.8 Å². The molecule has 1 amide bonds. The summed E-state index contributed by atoms with van der Waals surface area (Å²) < 4.78 is 38.3. The van der Waals surface area contributed by atoms with E-state index in [4.69, 9.17) is 9.31 Å². The second-order valence-corrected chi connectivity index (χ2v) is 12.7. The average Bonchev–Trinajstić information content (AvgIpc) is 3.34. The van der Waals surface area contributed by atoms with Crippen LogP contribution in [0.15, 0.2) is 29.2 Å². The highest BCUT2D eigenvalue weighted by molar-refractivity contribution is 7.91. The van der Waals surface area contributed by atoms with Crippen molar-refractivity contribution >= 4 is 28.3 Å². The number of rotatable bonds is 5. The summed E-state index contributed by atoms with van der Waals surface area (Å²) in [5, 5.41) is 0. The molecule has 1 saturated carbocycles. The first-order valence-corrected chi connectivity index (χ1v) is 13.6. The minimum Gasteiger partial charge on any atom is -0.399 e. The summed E-state index contributed by atoms with van der Waals surface area (Å²) in [7, 11) is -3.94. The Kier molecular flexibility index (Phi) is 6.51. The molecule has 1 aromatic carbocycles. The third-order valence-corrected chi connectivity index (χ3v) is 9.66. The number of hydrogen-bond donors (Lipinski definition) is 0. The Balaban J connectivity index is 1.40. The topological polar surface area (TPSA) is 72.9 Å². The molecule has 32 heavy (non-hydrogen) atoms. The van der Waals surface area contributed by atoms with Gasteiger partial charge >= 0.3 is 7.12 Å². The Bertz CT molecular complexity index is 922. The van der Waals surface area contributed by atoms with E-state index < -0.39 is 28.2 Å². The highest BCUT2D eigenvalue weighted by Gasteiger charge is 2.51. The molecule has 2 heterocycles. The number of carbonyl (C=O) groups is 1. The molecule has 8 heteroatoms. The van der Waals surface area contributed by atoms with E-state index in [1.165, 1.54) is 0 Å². The fourth-order valence-corrected chi connectivity index (χ4v) is 6.69. The van der Waals surface area contributed by atoms with Crippen molar-refractivity contribution in [2.75, 3.05) is 18.8 Å². The molecule has 4 rings (SSSR count). The molecule has 1 atom stereocenters. The van der Waals surface area contributed by atoms with Crippen LogP contribution in [0.5, 0.6) is 0 Å². The van der Waals surface area contributed by atoms with E-state index in [0.29, 0.717) is 11.4 Å². The minimum absolute atomic E-state index is 0.0122. The predicted octanol–water partition coefficient (Wildman–Crippen LogP) is 3.19. The summed E-state index contributed by atoms with van der Waals surface area (Å²) in [4.78, 5) is 15.0. The molecule has 0 bridgehead atoms. The molecule has 2 saturated heterocycles. The van der Waals surface area contributed by atoms with Gasteiger partial charge in [-0.1, -0.05) is 25.0 Å². The standard InChI is InChI=1S/C24H36BNO5S/c1-23(2)24(3,4)31-25(30-23)20-11-13-21(14-12-20)32(28,29)17-18-8-7-15-26(16-18)22(27)19-9-5-6-10-19/h11-14,18-19H,5-10,15-17H2,1-4H3. The van der Waals surface area contributed by atoms with Gasteiger partial charge in [0.15, 0.2) is 9.84 Å². The van der Waals surface area contributed by atoms with Gasteiger partial charge in [0, 0.05) is 19.0 Å². The Morgan fingerprint density at radius 3 is 2.19 bits per heavy atom. The van der Waals surface area contributed by atoms with Crippen LogP contribution in [0.3, 0.4) is 0 Å². The minimum atomic E-state index is -3.43. The van der Waals surface area contributed by atoms with Crippen LogP contribution in [0.2, 0.25) is 0 Å². The summed E-state index contributed by atoms with van der Waals surface area (Å²) >= 11 is 0. The Hall–Kier alpha value is -1.38. The molecule has 0 aromatic heterocycles. The quantitative estimate of drug-likeness (QED) is 0.630. The molecule has 0 N–H and O–H groups in total. The highest BCUT2D eigenvalue weighted by atomic mass is 32.2. The van der Waals surface area contributed by atoms with Crippen molar-refractivity contribution in [1.82, 2.24) is 4.90 Å². The molecule has 0 spiro atoms. The maximum Gasteiger partial charge on any atom is 0.494 e. The zero-order chi connectivity index (χ0) is 23.1. The molecular weight excluding hydrogens is 425 g/mol. The molecule has 2 aliphatic heterocycles. The number of nitrogens with zero attached hydrogens (tertiary/aromatic N) is 1. The SMILES string of the molecule is CC1(C)OB(c2ccc(S(=O)(=O)CC3CCCN(C(=O)C4CCCC4)C3)cc2)OC1(C)C. The van der Waals surface area contributed by atoms with Crippen molar-refractivity contribution in [1.29, 1.82) is 0 Å². The Morgan fingerprint density at radius 1 is 1.00 bits per heavy atom. The maximum atomic E-state index is 13.1. The molecule has 6 nitrogen and oxygen atoms in total. The van der Waals surface area contributed by atoms with Crippen molar-refractivity contribution < 1.29 is 22.5 Å². The van der Waals surface area contributed by atoms with Crippen LogP contribution in [-0.2, 0) is 23.9 Å².